The monoisotopic (exact) mass is 284 g/mol. The maximum absolute atomic E-state index is 12.0. The van der Waals surface area contributed by atoms with Gasteiger partial charge in [0.15, 0.2) is 0 Å². The number of carbonyl (C=O) groups excluding carboxylic acids is 1. The molecule has 0 saturated heterocycles. The number of rotatable bonds is 10. The number of hydrogen-bond acceptors (Lipinski definition) is 2. The summed E-state index contributed by atoms with van der Waals surface area (Å²) in [7, 11) is 0. The molecule has 0 radical (unpaired) electrons. The van der Waals surface area contributed by atoms with Crippen LogP contribution in [-0.2, 0) is 4.79 Å². The molecule has 2 N–H and O–H groups in total. The number of carbonyl (C=O) groups is 2. The molecule has 0 bridgehead atoms. The first-order chi connectivity index (χ1) is 9.40. The summed E-state index contributed by atoms with van der Waals surface area (Å²) in [6.45, 7) is 11.3. The van der Waals surface area contributed by atoms with Crippen molar-refractivity contribution in [1.29, 1.82) is 0 Å². The molecule has 0 fully saturated rings. The van der Waals surface area contributed by atoms with Crippen molar-refractivity contribution < 1.29 is 14.7 Å². The van der Waals surface area contributed by atoms with Crippen LogP contribution in [0.2, 0.25) is 0 Å². The van der Waals surface area contributed by atoms with Crippen LogP contribution in [0.25, 0.3) is 0 Å². The summed E-state index contributed by atoms with van der Waals surface area (Å²) in [4.78, 5) is 24.5. The molecule has 0 aromatic rings. The van der Waals surface area contributed by atoms with E-state index in [1.807, 2.05) is 6.92 Å². The highest BCUT2D eigenvalue weighted by Gasteiger charge is 2.17. The second-order valence-corrected chi connectivity index (χ2v) is 5.51. The summed E-state index contributed by atoms with van der Waals surface area (Å²) in [5.41, 5.74) is 0. The van der Waals surface area contributed by atoms with Gasteiger partial charge in [0.2, 0.25) is 0 Å². The zero-order valence-electron chi connectivity index (χ0n) is 12.9. The molecule has 1 atom stereocenters. The first-order valence-electron chi connectivity index (χ1n) is 7.26. The number of amides is 2. The van der Waals surface area contributed by atoms with Crippen molar-refractivity contribution in [3.8, 4) is 0 Å². The van der Waals surface area contributed by atoms with E-state index in [-0.39, 0.29) is 18.4 Å². The standard InChI is InChI=1S/C15H28N2O3/c1-5-7-17(8-6-2)15(20)16-11-13(9-12(3)4)10-14(18)19/h5,12-13H,1,6-11H2,2-4H3,(H,16,20)(H,18,19). The minimum absolute atomic E-state index is 0.0244. The highest BCUT2D eigenvalue weighted by molar-refractivity contribution is 5.74. The summed E-state index contributed by atoms with van der Waals surface area (Å²) in [6.07, 6.45) is 3.46. The molecule has 1 unspecified atom stereocenters. The summed E-state index contributed by atoms with van der Waals surface area (Å²) < 4.78 is 0. The lowest BCUT2D eigenvalue weighted by atomic mass is 9.94. The van der Waals surface area contributed by atoms with Crippen molar-refractivity contribution in [3.05, 3.63) is 12.7 Å². The van der Waals surface area contributed by atoms with Gasteiger partial charge in [-0.2, -0.15) is 0 Å². The first kappa shape index (κ1) is 18.5. The predicted molar refractivity (Wildman–Crippen MR) is 80.7 cm³/mol. The third-order valence-electron chi connectivity index (χ3n) is 2.94. The molecule has 116 valence electrons. The lowest BCUT2D eigenvalue weighted by Gasteiger charge is -2.23. The van der Waals surface area contributed by atoms with Gasteiger partial charge in [0.05, 0.1) is 0 Å². The fraction of sp³-hybridized carbons (Fsp3) is 0.733. The van der Waals surface area contributed by atoms with Crippen molar-refractivity contribution in [1.82, 2.24) is 10.2 Å². The zero-order chi connectivity index (χ0) is 15.5. The molecule has 0 spiro atoms. The Kier molecular flexibility index (Phi) is 9.51. The lowest BCUT2D eigenvalue weighted by molar-refractivity contribution is -0.138. The molecule has 5 heteroatoms. The smallest absolute Gasteiger partial charge is 0.317 e. The van der Waals surface area contributed by atoms with Gasteiger partial charge < -0.3 is 15.3 Å². The van der Waals surface area contributed by atoms with Crippen LogP contribution in [-0.4, -0.2) is 41.6 Å². The van der Waals surface area contributed by atoms with Crippen LogP contribution >= 0.6 is 0 Å². The highest BCUT2D eigenvalue weighted by atomic mass is 16.4. The van der Waals surface area contributed by atoms with Gasteiger partial charge in [0.1, 0.15) is 0 Å². The van der Waals surface area contributed by atoms with Crippen LogP contribution < -0.4 is 5.32 Å². The summed E-state index contributed by atoms with van der Waals surface area (Å²) >= 11 is 0. The van der Waals surface area contributed by atoms with Gasteiger partial charge in [-0.3, -0.25) is 4.79 Å². The van der Waals surface area contributed by atoms with Crippen LogP contribution in [0.4, 0.5) is 4.79 Å². The maximum atomic E-state index is 12.0. The molecule has 0 rings (SSSR count). The van der Waals surface area contributed by atoms with E-state index in [9.17, 15) is 9.59 Å². The second kappa shape index (κ2) is 10.3. The highest BCUT2D eigenvalue weighted by Crippen LogP contribution is 2.14. The van der Waals surface area contributed by atoms with E-state index in [2.05, 4.69) is 25.7 Å². The molecular weight excluding hydrogens is 256 g/mol. The van der Waals surface area contributed by atoms with E-state index < -0.39 is 5.97 Å². The van der Waals surface area contributed by atoms with Gasteiger partial charge in [-0.05, 0) is 24.7 Å². The topological polar surface area (TPSA) is 69.6 Å². The van der Waals surface area contributed by atoms with E-state index in [0.29, 0.717) is 25.6 Å². The van der Waals surface area contributed by atoms with Gasteiger partial charge in [0.25, 0.3) is 0 Å². The van der Waals surface area contributed by atoms with Crippen molar-refractivity contribution in [2.45, 2.75) is 40.0 Å². The van der Waals surface area contributed by atoms with Gasteiger partial charge in [0, 0.05) is 26.1 Å². The Labute approximate surface area is 122 Å². The number of urea groups is 1. The molecule has 0 aromatic heterocycles. The maximum Gasteiger partial charge on any atom is 0.317 e. The SMILES string of the molecule is C=CCN(CCC)C(=O)NCC(CC(=O)O)CC(C)C. The van der Waals surface area contributed by atoms with Crippen LogP contribution in [0.1, 0.15) is 40.0 Å². The molecule has 0 saturated carbocycles. The van der Waals surface area contributed by atoms with Crippen molar-refractivity contribution >= 4 is 12.0 Å². The van der Waals surface area contributed by atoms with Crippen molar-refractivity contribution in [3.63, 3.8) is 0 Å². The minimum Gasteiger partial charge on any atom is -0.481 e. The lowest BCUT2D eigenvalue weighted by Crippen LogP contribution is -2.42. The molecule has 0 heterocycles. The first-order valence-corrected chi connectivity index (χ1v) is 7.26. The molecule has 2 amide bonds. The molecule has 0 aliphatic carbocycles. The van der Waals surface area contributed by atoms with Crippen LogP contribution in [0.3, 0.4) is 0 Å². The third kappa shape index (κ3) is 8.56. The van der Waals surface area contributed by atoms with E-state index in [1.54, 1.807) is 11.0 Å². The normalized spacial score (nSPS) is 12.0. The fourth-order valence-electron chi connectivity index (χ4n) is 2.20. The quantitative estimate of drug-likeness (QED) is 0.606. The fourth-order valence-corrected chi connectivity index (χ4v) is 2.20. The second-order valence-electron chi connectivity index (χ2n) is 5.51. The predicted octanol–water partition coefficient (Wildman–Crippen LogP) is 2.73. The van der Waals surface area contributed by atoms with Crippen molar-refractivity contribution in [2.75, 3.05) is 19.6 Å². The number of aliphatic carboxylic acids is 1. The Morgan fingerprint density at radius 1 is 1.40 bits per heavy atom. The summed E-state index contributed by atoms with van der Waals surface area (Å²) in [6, 6.07) is -0.147. The molecule has 0 aromatic carbocycles. The number of carboxylic acids is 1. The van der Waals surface area contributed by atoms with Gasteiger partial charge in [-0.25, -0.2) is 4.79 Å². The van der Waals surface area contributed by atoms with Gasteiger partial charge in [-0.1, -0.05) is 26.8 Å². The number of nitrogens with zero attached hydrogens (tertiary/aromatic N) is 1. The van der Waals surface area contributed by atoms with Crippen LogP contribution in [0.5, 0.6) is 0 Å². The van der Waals surface area contributed by atoms with Crippen LogP contribution in [0.15, 0.2) is 12.7 Å². The number of carboxylic acid groups (broad SMARTS) is 1. The van der Waals surface area contributed by atoms with E-state index in [0.717, 1.165) is 12.8 Å². The average molecular weight is 284 g/mol. The van der Waals surface area contributed by atoms with E-state index >= 15 is 0 Å². The Morgan fingerprint density at radius 2 is 2.05 bits per heavy atom. The Bertz CT molecular complexity index is 316. The van der Waals surface area contributed by atoms with E-state index in [4.69, 9.17) is 5.11 Å². The average Bonchev–Trinajstić information content (AvgIpc) is 2.34. The minimum atomic E-state index is -0.818. The Morgan fingerprint density at radius 3 is 2.50 bits per heavy atom. The number of hydrogen-bond donors (Lipinski definition) is 2. The molecule has 5 nitrogen and oxygen atoms in total. The van der Waals surface area contributed by atoms with Gasteiger partial charge in [-0.15, -0.1) is 6.58 Å². The molecular formula is C15H28N2O3. The zero-order valence-corrected chi connectivity index (χ0v) is 12.9. The Hall–Kier alpha value is -1.52. The molecule has 20 heavy (non-hydrogen) atoms. The summed E-state index contributed by atoms with van der Waals surface area (Å²) in [5, 5.41) is 11.7. The van der Waals surface area contributed by atoms with Crippen LogP contribution in [0, 0.1) is 11.8 Å². The Balaban J connectivity index is 4.38. The van der Waals surface area contributed by atoms with E-state index in [1.165, 1.54) is 0 Å². The third-order valence-corrected chi connectivity index (χ3v) is 2.94. The largest absolute Gasteiger partial charge is 0.481 e. The summed E-state index contributed by atoms with van der Waals surface area (Å²) in [5.74, 6) is -0.429. The van der Waals surface area contributed by atoms with Crippen molar-refractivity contribution in [2.24, 2.45) is 11.8 Å². The molecule has 0 aliphatic rings. The molecule has 0 aliphatic heterocycles. The number of nitrogens with one attached hydrogen (secondary N) is 1. The van der Waals surface area contributed by atoms with Gasteiger partial charge >= 0.3 is 12.0 Å².